The molecule has 1 amide bonds. The van der Waals surface area contributed by atoms with Crippen LogP contribution >= 0.6 is 0 Å². The second-order valence-corrected chi connectivity index (χ2v) is 6.02. The molecule has 1 aromatic carbocycles. The number of rotatable bonds is 6. The second-order valence-electron chi connectivity index (χ2n) is 6.02. The van der Waals surface area contributed by atoms with Crippen LogP contribution in [-0.2, 0) is 19.1 Å². The molecular weight excluding hydrogens is 326 g/mol. The van der Waals surface area contributed by atoms with Gasteiger partial charge in [-0.25, -0.2) is 4.79 Å². The van der Waals surface area contributed by atoms with E-state index >= 15 is 0 Å². The standard InChI is InChI=1S/C18H23NO6/c1-24-14-10-6-5-9-13(14)15(18(23)25-2)19-16(20)11-7-3-4-8-12(11)17(21)22/h5-6,9-12,15H,3-4,7-8H2,1-2H3,(H,19,20)(H,21,22)/p-1/t11-,12+,15-/m1/s1. The third kappa shape index (κ3) is 4.29. The highest BCUT2D eigenvalue weighted by Gasteiger charge is 2.35. The van der Waals surface area contributed by atoms with Gasteiger partial charge in [0.2, 0.25) is 5.91 Å². The normalized spacial score (nSPS) is 21.0. The monoisotopic (exact) mass is 348 g/mol. The van der Waals surface area contributed by atoms with Crippen molar-refractivity contribution in [2.75, 3.05) is 14.2 Å². The summed E-state index contributed by atoms with van der Waals surface area (Å²) >= 11 is 0. The van der Waals surface area contributed by atoms with Gasteiger partial charge in [0.1, 0.15) is 5.75 Å². The van der Waals surface area contributed by atoms with E-state index in [0.717, 1.165) is 12.8 Å². The van der Waals surface area contributed by atoms with E-state index in [1.807, 2.05) is 0 Å². The Morgan fingerprint density at radius 2 is 1.76 bits per heavy atom. The number of carboxylic acid groups (broad SMARTS) is 1. The smallest absolute Gasteiger partial charge is 0.333 e. The quantitative estimate of drug-likeness (QED) is 0.754. The molecule has 1 aliphatic rings. The number of hydrogen-bond acceptors (Lipinski definition) is 6. The van der Waals surface area contributed by atoms with Gasteiger partial charge >= 0.3 is 5.97 Å². The molecule has 0 unspecified atom stereocenters. The van der Waals surface area contributed by atoms with Gasteiger partial charge in [-0.05, 0) is 18.9 Å². The SMILES string of the molecule is COC(=O)[C@H](NC(=O)[C@@H]1CCCC[C@@H]1C(=O)[O-])c1ccccc1OC. The highest BCUT2D eigenvalue weighted by atomic mass is 16.5. The van der Waals surface area contributed by atoms with Crippen LogP contribution in [0.2, 0.25) is 0 Å². The Hall–Kier alpha value is -2.57. The van der Waals surface area contributed by atoms with Crippen LogP contribution in [0.15, 0.2) is 24.3 Å². The van der Waals surface area contributed by atoms with Gasteiger partial charge in [-0.1, -0.05) is 31.0 Å². The predicted octanol–water partition coefficient (Wildman–Crippen LogP) is 0.582. The first-order valence-corrected chi connectivity index (χ1v) is 8.21. The van der Waals surface area contributed by atoms with Gasteiger partial charge < -0.3 is 24.7 Å². The summed E-state index contributed by atoms with van der Waals surface area (Å²) in [6.07, 6.45) is 2.36. The van der Waals surface area contributed by atoms with Gasteiger partial charge in [-0.3, -0.25) is 4.79 Å². The fourth-order valence-corrected chi connectivity index (χ4v) is 3.26. The van der Waals surface area contributed by atoms with Crippen molar-refractivity contribution in [3.8, 4) is 5.75 Å². The zero-order valence-electron chi connectivity index (χ0n) is 14.3. The molecule has 0 aliphatic heterocycles. The Labute approximate surface area is 146 Å². The molecule has 0 saturated heterocycles. The highest BCUT2D eigenvalue weighted by molar-refractivity contribution is 5.89. The summed E-state index contributed by atoms with van der Waals surface area (Å²) in [5, 5.41) is 13.9. The molecule has 0 heterocycles. The number of carbonyl (C=O) groups is 3. The average Bonchev–Trinajstić information content (AvgIpc) is 2.65. The number of amides is 1. The molecule has 136 valence electrons. The number of ether oxygens (including phenoxy) is 2. The topological polar surface area (TPSA) is 105 Å². The molecule has 2 rings (SSSR count). The minimum absolute atomic E-state index is 0.401. The van der Waals surface area contributed by atoms with E-state index in [-0.39, 0.29) is 0 Å². The maximum atomic E-state index is 12.7. The molecule has 1 aromatic rings. The first-order valence-electron chi connectivity index (χ1n) is 8.21. The number of aliphatic carboxylic acids is 1. The number of nitrogens with one attached hydrogen (secondary N) is 1. The molecule has 1 N–H and O–H groups in total. The maximum absolute atomic E-state index is 12.7. The summed E-state index contributed by atoms with van der Waals surface area (Å²) in [6, 6.07) is 5.70. The lowest BCUT2D eigenvalue weighted by atomic mass is 9.78. The number of carbonyl (C=O) groups excluding carboxylic acids is 3. The largest absolute Gasteiger partial charge is 0.550 e. The maximum Gasteiger partial charge on any atom is 0.333 e. The molecule has 7 heteroatoms. The summed E-state index contributed by atoms with van der Waals surface area (Å²) in [4.78, 5) is 36.2. The van der Waals surface area contributed by atoms with Gasteiger partial charge in [0.05, 0.1) is 14.2 Å². The third-order valence-electron chi connectivity index (χ3n) is 4.58. The third-order valence-corrected chi connectivity index (χ3v) is 4.58. The Bertz CT molecular complexity index is 644. The number of methoxy groups -OCH3 is 2. The number of carboxylic acids is 1. The minimum atomic E-state index is -1.23. The summed E-state index contributed by atoms with van der Waals surface area (Å²) < 4.78 is 10.0. The van der Waals surface area contributed by atoms with Crippen LogP contribution in [0, 0.1) is 11.8 Å². The number of para-hydroxylation sites is 1. The molecule has 0 spiro atoms. The van der Waals surface area contributed by atoms with Crippen molar-refractivity contribution in [3.63, 3.8) is 0 Å². The van der Waals surface area contributed by atoms with Crippen LogP contribution in [0.1, 0.15) is 37.3 Å². The van der Waals surface area contributed by atoms with Gasteiger partial charge in [-0.15, -0.1) is 0 Å². The van der Waals surface area contributed by atoms with Crippen LogP contribution in [0.3, 0.4) is 0 Å². The second kappa shape index (κ2) is 8.50. The Morgan fingerprint density at radius 1 is 1.12 bits per heavy atom. The van der Waals surface area contributed by atoms with E-state index in [4.69, 9.17) is 9.47 Å². The molecule has 0 bridgehead atoms. The summed E-state index contributed by atoms with van der Waals surface area (Å²) in [5.74, 6) is -3.51. The first-order chi connectivity index (χ1) is 12.0. The zero-order chi connectivity index (χ0) is 18.4. The van der Waals surface area contributed by atoms with E-state index in [1.165, 1.54) is 14.2 Å². The molecule has 1 aliphatic carbocycles. The summed E-state index contributed by atoms with van der Waals surface area (Å²) in [7, 11) is 2.68. The van der Waals surface area contributed by atoms with E-state index in [2.05, 4.69) is 5.32 Å². The van der Waals surface area contributed by atoms with Crippen molar-refractivity contribution in [2.24, 2.45) is 11.8 Å². The fraction of sp³-hybridized carbons (Fsp3) is 0.500. The van der Waals surface area contributed by atoms with Crippen molar-refractivity contribution in [3.05, 3.63) is 29.8 Å². The van der Waals surface area contributed by atoms with Gasteiger partial charge in [0.25, 0.3) is 0 Å². The molecule has 1 saturated carbocycles. The Morgan fingerprint density at radius 3 is 2.36 bits per heavy atom. The van der Waals surface area contributed by atoms with E-state index < -0.39 is 35.7 Å². The number of hydrogen-bond donors (Lipinski definition) is 1. The van der Waals surface area contributed by atoms with Crippen LogP contribution < -0.4 is 15.2 Å². The van der Waals surface area contributed by atoms with Crippen molar-refractivity contribution in [1.82, 2.24) is 5.32 Å². The number of benzene rings is 1. The molecule has 3 atom stereocenters. The predicted molar refractivity (Wildman–Crippen MR) is 86.3 cm³/mol. The lowest BCUT2D eigenvalue weighted by Crippen LogP contribution is -2.46. The molecule has 1 fully saturated rings. The Balaban J connectivity index is 2.26. The lowest BCUT2D eigenvalue weighted by Gasteiger charge is -2.32. The van der Waals surface area contributed by atoms with Crippen LogP contribution in [-0.4, -0.2) is 32.1 Å². The van der Waals surface area contributed by atoms with Gasteiger partial charge in [0.15, 0.2) is 6.04 Å². The molecule has 7 nitrogen and oxygen atoms in total. The van der Waals surface area contributed by atoms with Crippen molar-refractivity contribution < 1.29 is 29.0 Å². The zero-order valence-corrected chi connectivity index (χ0v) is 14.3. The van der Waals surface area contributed by atoms with Crippen molar-refractivity contribution in [1.29, 1.82) is 0 Å². The lowest BCUT2D eigenvalue weighted by molar-refractivity contribution is -0.314. The molecular formula is C18H22NO6-. The molecule has 25 heavy (non-hydrogen) atoms. The highest BCUT2D eigenvalue weighted by Crippen LogP contribution is 2.32. The average molecular weight is 348 g/mol. The molecule has 0 radical (unpaired) electrons. The van der Waals surface area contributed by atoms with Crippen LogP contribution in [0.25, 0.3) is 0 Å². The van der Waals surface area contributed by atoms with E-state index in [9.17, 15) is 19.5 Å². The van der Waals surface area contributed by atoms with E-state index in [1.54, 1.807) is 24.3 Å². The Kier molecular flexibility index (Phi) is 6.38. The number of esters is 1. The fourth-order valence-electron chi connectivity index (χ4n) is 3.26. The van der Waals surface area contributed by atoms with Crippen molar-refractivity contribution >= 4 is 17.8 Å². The summed E-state index contributed by atoms with van der Waals surface area (Å²) in [5.41, 5.74) is 0.450. The minimum Gasteiger partial charge on any atom is -0.550 e. The van der Waals surface area contributed by atoms with Crippen LogP contribution in [0.5, 0.6) is 5.75 Å². The first kappa shape index (κ1) is 18.8. The molecule has 0 aromatic heterocycles. The van der Waals surface area contributed by atoms with Gasteiger partial charge in [0, 0.05) is 23.4 Å². The van der Waals surface area contributed by atoms with Crippen LogP contribution in [0.4, 0.5) is 0 Å². The van der Waals surface area contributed by atoms with Gasteiger partial charge in [-0.2, -0.15) is 0 Å². The van der Waals surface area contributed by atoms with E-state index in [0.29, 0.717) is 24.2 Å². The van der Waals surface area contributed by atoms with Crippen molar-refractivity contribution in [2.45, 2.75) is 31.7 Å². The summed E-state index contributed by atoms with van der Waals surface area (Å²) in [6.45, 7) is 0.